The van der Waals surface area contributed by atoms with Gasteiger partial charge in [0.1, 0.15) is 77.7 Å². The summed E-state index contributed by atoms with van der Waals surface area (Å²) in [5.41, 5.74) is -3.21. The quantitative estimate of drug-likeness (QED) is 0.0480. The van der Waals surface area contributed by atoms with Gasteiger partial charge in [0.25, 0.3) is 0 Å². The van der Waals surface area contributed by atoms with E-state index in [2.05, 4.69) is 78.3 Å². The van der Waals surface area contributed by atoms with Crippen LogP contribution in [0.15, 0.2) is 0 Å². The standard InChI is InChI=1S/C14H27NO3.C14H26O3.C13H25NO2.C13H24O2.C13H26O.C12H23NO3.C12H24O2.C12H24O.C11H22O2.C11H22O/c1-13(2,3)11(16)8-7-9-15-12(17)10-18-14(4,5)6;1-13(2,3)12(16)9-7-8-11(15)10-17-14(4,5)6;1-12(2,3)10(15)8-7-9-14-11(16)13(4,5)6;1-12(2,3)10(14)8-7-9-11(15)13(4,5)6;1-12(2,3)10-8-7-9-11(14)13(4,5)6;1-11(2,3)9(14)7-13-10(15)8-16-12(4,5)6;1-11(2,3)10(13)8-7-9-14-12(4,5)6;1-11(2,3)9-7-8-10(13)12(4,5)6;1-10(2,3)9(12)7-8-13-11(4,5)6;1-10(2,3)8-7-9(12)11(4,5)6/h7-10H2,1-6H3,(H,15,17);7-10H2,1-6H3;7-9H2,1-6H3,(H,14,16);7-9H2,1-6H3;7-10H2,1-6H3;7-8H2,1-6H3,(H,13,15);7-9H2,1-6H3;7-9H2,1-6H3;7-8H2,1-6H3;7-8H2,1-6H3. The minimum atomic E-state index is -0.418. The average Bonchev–Trinajstić information content (AvgIpc) is 0.886. The molecule has 23 nitrogen and oxygen atoms in total. The molecule has 0 aliphatic heterocycles. The largest absolute Gasteiger partial charge is 0.376 e. The summed E-state index contributed by atoms with van der Waals surface area (Å²) in [6.07, 6.45) is 16.4. The summed E-state index contributed by atoms with van der Waals surface area (Å²) in [6.45, 7) is 121. The minimum absolute atomic E-state index is 0.0107. The third kappa shape index (κ3) is 119. The smallest absolute Gasteiger partial charge is 0.246 e. The van der Waals surface area contributed by atoms with Crippen molar-refractivity contribution in [3.8, 4) is 0 Å². The molecule has 0 rings (SSSR count). The van der Waals surface area contributed by atoms with Gasteiger partial charge in [-0.15, -0.1) is 0 Å². The first-order valence-electron chi connectivity index (χ1n) is 55.2. The zero-order valence-corrected chi connectivity index (χ0v) is 108. The summed E-state index contributed by atoms with van der Waals surface area (Å²) < 4.78 is 27.0. The second-order valence-corrected chi connectivity index (χ2v) is 60.7. The molecule has 0 aromatic carbocycles. The van der Waals surface area contributed by atoms with Crippen LogP contribution in [0.3, 0.4) is 0 Å². The van der Waals surface area contributed by atoms with Crippen molar-refractivity contribution in [2.24, 2.45) is 81.2 Å². The SMILES string of the molecule is CC(C)(C)C(=O)CCCC(=O)C(C)(C)C.CC(C)(C)C(=O)CCCNC(=O)C(C)(C)C.CC(C)(C)CCC(=O)C(C)(C)C.CC(C)(C)CCCC(=O)C(C)(C)C.CC(C)(C)CCCCC(=O)C(C)(C)C.CC(C)(C)OCC(=O)CCCC(=O)C(C)(C)C.CC(C)(C)OCC(=O)NCC(=O)C(C)(C)C.CC(C)(C)OCC(=O)NCCCC(=O)C(C)(C)C.CC(C)(C)OCCC(=O)C(C)(C)C.CC(C)(C)OCCCC(=O)C(C)(C)C. The Kier molecular flexibility index (Phi) is 78.3. The van der Waals surface area contributed by atoms with Gasteiger partial charge in [-0.05, 0) is 184 Å². The van der Waals surface area contributed by atoms with Crippen LogP contribution < -0.4 is 16.0 Å². The van der Waals surface area contributed by atoms with E-state index in [4.69, 9.17) is 23.7 Å². The molecule has 0 atom stereocenters. The molecule has 0 heterocycles. The van der Waals surface area contributed by atoms with E-state index in [1.54, 1.807) is 0 Å². The monoisotopic (exact) mass is 2110 g/mol. The van der Waals surface area contributed by atoms with Gasteiger partial charge in [-0.1, -0.05) is 318 Å². The first-order chi connectivity index (χ1) is 64.8. The predicted molar refractivity (Wildman–Crippen MR) is 621 cm³/mol. The van der Waals surface area contributed by atoms with Crippen LogP contribution in [0.4, 0.5) is 0 Å². The molecule has 3 N–H and O–H groups in total. The van der Waals surface area contributed by atoms with Crippen LogP contribution in [-0.2, 0) is 95.6 Å². The van der Waals surface area contributed by atoms with Gasteiger partial charge >= 0.3 is 0 Å². The lowest BCUT2D eigenvalue weighted by Gasteiger charge is -2.21. The first kappa shape index (κ1) is 162. The van der Waals surface area contributed by atoms with Crippen LogP contribution in [0.25, 0.3) is 0 Å². The van der Waals surface area contributed by atoms with Crippen LogP contribution in [0.2, 0.25) is 0 Å². The van der Waals surface area contributed by atoms with Gasteiger partial charge in [-0.25, -0.2) is 0 Å². The zero-order chi connectivity index (χ0) is 121. The van der Waals surface area contributed by atoms with Crippen LogP contribution in [-0.4, -0.2) is 168 Å². The molecule has 0 aromatic heterocycles. The topological polar surface area (TPSA) is 338 Å². The number of unbranched alkanes of at least 4 members (excludes halogenated alkanes) is 1. The Balaban J connectivity index is -0.000000179. The molecule has 0 aliphatic rings. The Morgan fingerprint density at radius 2 is 0.385 bits per heavy atom. The normalized spacial score (nSPS) is 12.7. The van der Waals surface area contributed by atoms with E-state index >= 15 is 0 Å². The van der Waals surface area contributed by atoms with Crippen molar-refractivity contribution in [1.82, 2.24) is 16.0 Å². The molecule has 0 saturated heterocycles. The van der Waals surface area contributed by atoms with Crippen molar-refractivity contribution >= 4 is 87.1 Å². The summed E-state index contributed by atoms with van der Waals surface area (Å²) in [5, 5.41) is 8.13. The Morgan fingerprint density at radius 1 is 0.169 bits per heavy atom. The van der Waals surface area contributed by atoms with Crippen molar-refractivity contribution in [2.45, 2.75) is 585 Å². The van der Waals surface area contributed by atoms with E-state index in [-0.39, 0.29) is 183 Å². The molecule has 148 heavy (non-hydrogen) atoms. The Morgan fingerprint density at radius 3 is 0.655 bits per heavy atom. The lowest BCUT2D eigenvalue weighted by molar-refractivity contribution is -0.133. The van der Waals surface area contributed by atoms with E-state index in [1.165, 1.54) is 12.8 Å². The van der Waals surface area contributed by atoms with E-state index in [1.807, 2.05) is 353 Å². The van der Waals surface area contributed by atoms with E-state index in [0.717, 1.165) is 51.4 Å². The zero-order valence-electron chi connectivity index (χ0n) is 108. The second-order valence-electron chi connectivity index (χ2n) is 60.7. The van der Waals surface area contributed by atoms with E-state index in [9.17, 15) is 71.9 Å². The van der Waals surface area contributed by atoms with Crippen molar-refractivity contribution in [3.63, 3.8) is 0 Å². The minimum Gasteiger partial charge on any atom is -0.376 e. The molecule has 0 unspecified atom stereocenters. The van der Waals surface area contributed by atoms with Crippen molar-refractivity contribution in [2.75, 3.05) is 52.7 Å². The number of carbonyl (C=O) groups excluding carboxylic acids is 15. The lowest BCUT2D eigenvalue weighted by atomic mass is 9.83. The van der Waals surface area contributed by atoms with Crippen molar-refractivity contribution in [3.05, 3.63) is 0 Å². The highest BCUT2D eigenvalue weighted by Gasteiger charge is 2.32. The molecule has 0 radical (unpaired) electrons. The summed E-state index contributed by atoms with van der Waals surface area (Å²) in [5.74, 6) is 2.62. The lowest BCUT2D eigenvalue weighted by Crippen LogP contribution is -2.38. The molecule has 878 valence electrons. The fraction of sp³-hybridized carbons (Fsp3) is 0.880. The molecule has 0 aromatic rings. The van der Waals surface area contributed by atoms with Gasteiger partial charge in [0.15, 0.2) is 11.6 Å². The molecule has 0 bridgehead atoms. The third-order valence-electron chi connectivity index (χ3n) is 21.7. The maximum Gasteiger partial charge on any atom is 0.246 e. The predicted octanol–water partition coefficient (Wildman–Crippen LogP) is 30.4. The van der Waals surface area contributed by atoms with E-state index < -0.39 is 5.41 Å². The number of carbonyl (C=O) groups is 15. The van der Waals surface area contributed by atoms with Gasteiger partial charge in [-0.3, -0.25) is 71.9 Å². The fourth-order valence-corrected chi connectivity index (χ4v) is 10.5. The maximum atomic E-state index is 11.6. The molecule has 23 heteroatoms. The van der Waals surface area contributed by atoms with Gasteiger partial charge < -0.3 is 39.6 Å². The summed E-state index contributed by atoms with van der Waals surface area (Å²) in [7, 11) is 0. The Bertz CT molecular complexity index is 3660. The summed E-state index contributed by atoms with van der Waals surface area (Å²) in [4.78, 5) is 173. The van der Waals surface area contributed by atoms with E-state index in [0.29, 0.717) is 137 Å². The number of amides is 3. The fourth-order valence-electron chi connectivity index (χ4n) is 10.5. The third-order valence-corrected chi connectivity index (χ3v) is 21.7. The van der Waals surface area contributed by atoms with Crippen LogP contribution in [0.1, 0.15) is 557 Å². The van der Waals surface area contributed by atoms with Gasteiger partial charge in [0.2, 0.25) is 17.7 Å². The van der Waals surface area contributed by atoms with Crippen LogP contribution in [0, 0.1) is 81.2 Å². The number of Topliss-reactive ketones (excluding diaryl/α,β-unsaturated/α-hetero) is 12. The summed E-state index contributed by atoms with van der Waals surface area (Å²) in [6, 6.07) is 0. The molecular weight excluding hydrogens is 1860 g/mol. The molecule has 0 spiro atoms. The summed E-state index contributed by atoms with van der Waals surface area (Å²) >= 11 is 0. The second kappa shape index (κ2) is 71.4. The molecule has 0 saturated carbocycles. The Labute approximate surface area is 912 Å². The van der Waals surface area contributed by atoms with Crippen molar-refractivity contribution < 1.29 is 95.6 Å². The number of hydrogen-bond donors (Lipinski definition) is 3. The van der Waals surface area contributed by atoms with Gasteiger partial charge in [0, 0.05) is 155 Å². The highest BCUT2D eigenvalue weighted by atomic mass is 16.5. The highest BCUT2D eigenvalue weighted by molar-refractivity contribution is 5.91. The van der Waals surface area contributed by atoms with Gasteiger partial charge in [0.05, 0.1) is 41.2 Å². The first-order valence-corrected chi connectivity index (χ1v) is 55.2. The molecule has 0 aliphatic carbocycles. The number of rotatable bonds is 40. The Hall–Kier alpha value is -5.75. The number of ketones is 12. The molecule has 3 amide bonds. The van der Waals surface area contributed by atoms with Crippen molar-refractivity contribution in [1.29, 1.82) is 0 Å². The van der Waals surface area contributed by atoms with Gasteiger partial charge in [-0.2, -0.15) is 0 Å². The number of hydrogen-bond acceptors (Lipinski definition) is 20. The molecule has 0 fully saturated rings. The maximum absolute atomic E-state index is 11.6. The number of nitrogens with one attached hydrogen (secondary N) is 3. The highest BCUT2D eigenvalue weighted by Crippen LogP contribution is 2.31. The molecular formula is C125H243N3O20. The number of ether oxygens (including phenoxy) is 5. The van der Waals surface area contributed by atoms with Crippen LogP contribution in [0.5, 0.6) is 0 Å². The van der Waals surface area contributed by atoms with Crippen LogP contribution >= 0.6 is 0 Å². The average molecular weight is 2110 g/mol.